The Balaban J connectivity index is 1.90. The zero-order valence-electron chi connectivity index (χ0n) is 11.0. The summed E-state index contributed by atoms with van der Waals surface area (Å²) in [5, 5.41) is 5.33. The number of fused-ring (bicyclic) bond motifs is 3. The van der Waals surface area contributed by atoms with E-state index in [1.165, 1.54) is 16.9 Å². The lowest BCUT2D eigenvalue weighted by Gasteiger charge is -2.09. The smallest absolute Gasteiger partial charge is 0.225 e. The summed E-state index contributed by atoms with van der Waals surface area (Å²) in [5.41, 5.74) is 2.19. The summed E-state index contributed by atoms with van der Waals surface area (Å²) in [4.78, 5) is 11.1. The monoisotopic (exact) mass is 335 g/mol. The first kappa shape index (κ1) is 13.3. The second kappa shape index (κ2) is 5.13. The van der Waals surface area contributed by atoms with Gasteiger partial charge in [0.2, 0.25) is 5.28 Å². The molecule has 1 N–H and O–H groups in total. The van der Waals surface area contributed by atoms with Crippen LogP contribution in [0.3, 0.4) is 0 Å². The van der Waals surface area contributed by atoms with E-state index < -0.39 is 0 Å². The highest BCUT2D eigenvalue weighted by atomic mass is 35.5. The van der Waals surface area contributed by atoms with Crippen molar-refractivity contribution in [1.29, 1.82) is 0 Å². The van der Waals surface area contributed by atoms with Gasteiger partial charge in [0.15, 0.2) is 0 Å². The first-order chi connectivity index (χ1) is 10.2. The Labute approximate surface area is 135 Å². The Hall–Kier alpha value is -1.36. The minimum Gasteiger partial charge on any atom is -0.338 e. The van der Waals surface area contributed by atoms with Crippen LogP contribution in [-0.4, -0.2) is 9.97 Å². The molecule has 6 heteroatoms. The Bertz CT molecular complexity index is 844. The minimum atomic E-state index is 0.261. The number of para-hydroxylation sites is 1. The van der Waals surface area contributed by atoms with Gasteiger partial charge in [-0.15, -0.1) is 11.3 Å². The molecule has 4 rings (SSSR count). The predicted molar refractivity (Wildman–Crippen MR) is 89.2 cm³/mol. The van der Waals surface area contributed by atoms with Crippen LogP contribution in [0.15, 0.2) is 24.3 Å². The molecule has 0 saturated carbocycles. The number of thiophene rings is 1. The average molecular weight is 336 g/mol. The van der Waals surface area contributed by atoms with Crippen LogP contribution in [0.1, 0.15) is 16.9 Å². The Morgan fingerprint density at radius 1 is 1.10 bits per heavy atom. The van der Waals surface area contributed by atoms with Crippen LogP contribution in [0.4, 0.5) is 11.5 Å². The fraction of sp³-hybridized carbons (Fsp3) is 0.200. The van der Waals surface area contributed by atoms with Gasteiger partial charge in [-0.05, 0) is 48.6 Å². The van der Waals surface area contributed by atoms with E-state index in [9.17, 15) is 0 Å². The molecule has 1 aliphatic carbocycles. The standard InChI is InChI=1S/C15H11Cl2N3S/c16-9-5-1-2-6-10(9)18-13-12-8-4-3-7-11(8)21-14(12)20-15(17)19-13/h1-2,5-6H,3-4,7H2,(H,18,19,20). The first-order valence-corrected chi connectivity index (χ1v) is 8.29. The summed E-state index contributed by atoms with van der Waals surface area (Å²) in [6.45, 7) is 0. The van der Waals surface area contributed by atoms with Gasteiger partial charge in [0.1, 0.15) is 10.6 Å². The largest absolute Gasteiger partial charge is 0.338 e. The van der Waals surface area contributed by atoms with Gasteiger partial charge in [-0.2, -0.15) is 4.98 Å². The van der Waals surface area contributed by atoms with E-state index in [4.69, 9.17) is 23.2 Å². The van der Waals surface area contributed by atoms with Crippen molar-refractivity contribution in [1.82, 2.24) is 9.97 Å². The lowest BCUT2D eigenvalue weighted by molar-refractivity contribution is 0.917. The quantitative estimate of drug-likeness (QED) is 0.651. The average Bonchev–Trinajstić information content (AvgIpc) is 3.01. The van der Waals surface area contributed by atoms with Crippen LogP contribution in [0, 0.1) is 0 Å². The first-order valence-electron chi connectivity index (χ1n) is 6.72. The minimum absolute atomic E-state index is 0.261. The molecule has 21 heavy (non-hydrogen) atoms. The van der Waals surface area contributed by atoms with Crippen molar-refractivity contribution in [3.05, 3.63) is 45.0 Å². The van der Waals surface area contributed by atoms with Crippen molar-refractivity contribution in [3.8, 4) is 0 Å². The number of benzene rings is 1. The van der Waals surface area contributed by atoms with E-state index in [1.807, 2.05) is 24.3 Å². The fourth-order valence-corrected chi connectivity index (χ4v) is 4.41. The van der Waals surface area contributed by atoms with Crippen LogP contribution in [0.2, 0.25) is 10.3 Å². The second-order valence-electron chi connectivity index (χ2n) is 4.98. The summed E-state index contributed by atoms with van der Waals surface area (Å²) in [5.74, 6) is 0.748. The second-order valence-corrected chi connectivity index (χ2v) is 6.81. The highest BCUT2D eigenvalue weighted by Gasteiger charge is 2.22. The van der Waals surface area contributed by atoms with E-state index in [0.717, 1.165) is 34.6 Å². The van der Waals surface area contributed by atoms with E-state index in [-0.39, 0.29) is 5.28 Å². The number of hydrogen-bond acceptors (Lipinski definition) is 4. The molecule has 0 amide bonds. The maximum absolute atomic E-state index is 6.22. The van der Waals surface area contributed by atoms with Crippen molar-refractivity contribution < 1.29 is 0 Å². The third-order valence-electron chi connectivity index (χ3n) is 3.66. The molecule has 3 nitrogen and oxygen atoms in total. The van der Waals surface area contributed by atoms with E-state index in [0.29, 0.717) is 5.02 Å². The number of hydrogen-bond donors (Lipinski definition) is 1. The third-order valence-corrected chi connectivity index (χ3v) is 5.35. The zero-order chi connectivity index (χ0) is 14.4. The van der Waals surface area contributed by atoms with Crippen LogP contribution >= 0.6 is 34.5 Å². The van der Waals surface area contributed by atoms with Crippen LogP contribution < -0.4 is 5.32 Å². The Morgan fingerprint density at radius 2 is 1.95 bits per heavy atom. The summed E-state index contributed by atoms with van der Waals surface area (Å²) in [6, 6.07) is 7.61. The molecule has 0 radical (unpaired) electrons. The molecule has 0 bridgehead atoms. The molecule has 0 saturated heterocycles. The molecule has 2 aromatic heterocycles. The predicted octanol–water partition coefficient (Wildman–Crippen LogP) is 5.23. The number of aryl methyl sites for hydroxylation is 2. The van der Waals surface area contributed by atoms with E-state index in [1.54, 1.807) is 11.3 Å². The number of anilines is 2. The zero-order valence-corrected chi connectivity index (χ0v) is 13.3. The number of nitrogens with one attached hydrogen (secondary N) is 1. The Kier molecular flexibility index (Phi) is 3.25. The maximum Gasteiger partial charge on any atom is 0.225 e. The lowest BCUT2D eigenvalue weighted by atomic mass is 10.2. The van der Waals surface area contributed by atoms with Gasteiger partial charge in [0, 0.05) is 4.88 Å². The lowest BCUT2D eigenvalue weighted by Crippen LogP contribution is -1.97. The van der Waals surface area contributed by atoms with Crippen LogP contribution in [-0.2, 0) is 12.8 Å². The van der Waals surface area contributed by atoms with Gasteiger partial charge in [-0.1, -0.05) is 23.7 Å². The topological polar surface area (TPSA) is 37.8 Å². The third kappa shape index (κ3) is 2.27. The number of rotatable bonds is 2. The molecule has 106 valence electrons. The molecule has 0 aliphatic heterocycles. The van der Waals surface area contributed by atoms with Crippen molar-refractivity contribution in [2.24, 2.45) is 0 Å². The highest BCUT2D eigenvalue weighted by Crippen LogP contribution is 2.41. The van der Waals surface area contributed by atoms with E-state index >= 15 is 0 Å². The fourth-order valence-electron chi connectivity index (χ4n) is 2.75. The Morgan fingerprint density at radius 3 is 2.81 bits per heavy atom. The maximum atomic E-state index is 6.22. The molecule has 3 aromatic rings. The van der Waals surface area contributed by atoms with Crippen molar-refractivity contribution >= 4 is 56.3 Å². The van der Waals surface area contributed by atoms with Gasteiger partial charge >= 0.3 is 0 Å². The van der Waals surface area contributed by atoms with Gasteiger partial charge in [0.05, 0.1) is 16.1 Å². The number of aromatic nitrogens is 2. The SMILES string of the molecule is Clc1nc(Nc2ccccc2Cl)c2c3c(sc2n1)CCC3. The highest BCUT2D eigenvalue weighted by molar-refractivity contribution is 7.19. The molecular formula is C15H11Cl2N3S. The summed E-state index contributed by atoms with van der Waals surface area (Å²) < 4.78 is 0. The molecular weight excluding hydrogens is 325 g/mol. The molecule has 0 unspecified atom stereocenters. The summed E-state index contributed by atoms with van der Waals surface area (Å²) in [7, 11) is 0. The van der Waals surface area contributed by atoms with Gasteiger partial charge in [-0.3, -0.25) is 0 Å². The molecule has 2 heterocycles. The number of halogens is 2. The van der Waals surface area contributed by atoms with Gasteiger partial charge in [-0.25, -0.2) is 4.98 Å². The van der Waals surface area contributed by atoms with Gasteiger partial charge in [0.25, 0.3) is 0 Å². The molecule has 0 atom stereocenters. The molecule has 1 aromatic carbocycles. The van der Waals surface area contributed by atoms with E-state index in [2.05, 4.69) is 15.3 Å². The molecule has 0 spiro atoms. The van der Waals surface area contributed by atoms with Crippen LogP contribution in [0.25, 0.3) is 10.2 Å². The van der Waals surface area contributed by atoms with Crippen LogP contribution in [0.5, 0.6) is 0 Å². The van der Waals surface area contributed by atoms with Crippen molar-refractivity contribution in [2.45, 2.75) is 19.3 Å². The van der Waals surface area contributed by atoms with Gasteiger partial charge < -0.3 is 5.32 Å². The molecule has 1 aliphatic rings. The van der Waals surface area contributed by atoms with Crippen molar-refractivity contribution in [3.63, 3.8) is 0 Å². The summed E-state index contributed by atoms with van der Waals surface area (Å²) in [6.07, 6.45) is 3.41. The normalized spacial score (nSPS) is 13.6. The molecule has 0 fully saturated rings. The van der Waals surface area contributed by atoms with Crippen molar-refractivity contribution in [2.75, 3.05) is 5.32 Å². The number of nitrogens with zero attached hydrogens (tertiary/aromatic N) is 2. The summed E-state index contributed by atoms with van der Waals surface area (Å²) >= 11 is 14.0.